The fraction of sp³-hybridized carbons (Fsp3) is 0.0800. The number of hydrogen-bond donors (Lipinski definition) is 4. The van der Waals surface area contributed by atoms with E-state index in [0.717, 1.165) is 38.6 Å². The van der Waals surface area contributed by atoms with E-state index in [1.807, 2.05) is 78.7 Å². The van der Waals surface area contributed by atoms with Crippen LogP contribution in [0.2, 0.25) is 0 Å². The molecule has 0 fully saturated rings. The number of nitrogens with two attached hydrogens (primary N) is 1. The molecule has 1 aromatic heterocycles. The number of urea groups is 1. The Kier molecular flexibility index (Phi) is 5.92. The van der Waals surface area contributed by atoms with Gasteiger partial charge in [0, 0.05) is 28.9 Å². The summed E-state index contributed by atoms with van der Waals surface area (Å²) in [6, 6.07) is 22.4. The molecule has 7 heteroatoms. The Morgan fingerprint density at radius 3 is 2.47 bits per heavy atom. The van der Waals surface area contributed by atoms with Crippen molar-refractivity contribution in [2.45, 2.75) is 6.54 Å². The second kappa shape index (κ2) is 9.12. The number of carbonyl (C=O) groups excluding carboxylic acids is 2. The van der Waals surface area contributed by atoms with Gasteiger partial charge in [0.05, 0.1) is 18.3 Å². The zero-order valence-electron chi connectivity index (χ0n) is 17.4. The molecule has 0 bridgehead atoms. The highest BCUT2D eigenvalue weighted by molar-refractivity contribution is 5.89. The van der Waals surface area contributed by atoms with Crippen LogP contribution in [-0.4, -0.2) is 24.1 Å². The van der Waals surface area contributed by atoms with Crippen LogP contribution in [0.3, 0.4) is 0 Å². The zero-order valence-corrected chi connectivity index (χ0v) is 17.4. The zero-order chi connectivity index (χ0) is 22.5. The summed E-state index contributed by atoms with van der Waals surface area (Å²) in [6.07, 6.45) is 0. The normalized spacial score (nSPS) is 11.5. The molecule has 7 nitrogen and oxygen atoms in total. The molecule has 1 heterocycles. The first-order valence-electron chi connectivity index (χ1n) is 9.99. The maximum atomic E-state index is 11.8. The fourth-order valence-corrected chi connectivity index (χ4v) is 3.56. The summed E-state index contributed by atoms with van der Waals surface area (Å²) in [4.78, 5) is 25.9. The topological polar surface area (TPSA) is 109 Å². The lowest BCUT2D eigenvalue weighted by molar-refractivity contribution is 0.248. The largest absolute Gasteiger partial charge is 0.497 e. The van der Waals surface area contributed by atoms with Gasteiger partial charge in [0.25, 0.3) is 0 Å². The second-order valence-corrected chi connectivity index (χ2v) is 7.17. The molecule has 0 aliphatic heterocycles. The maximum Gasteiger partial charge on any atom is 0.312 e. The molecule has 0 unspecified atom stereocenters. The summed E-state index contributed by atoms with van der Waals surface area (Å²) in [5.41, 5.74) is 9.34. The molecule has 0 aliphatic rings. The van der Waals surface area contributed by atoms with Crippen LogP contribution in [0.4, 0.5) is 10.5 Å². The second-order valence-electron chi connectivity index (χ2n) is 7.17. The molecule has 32 heavy (non-hydrogen) atoms. The van der Waals surface area contributed by atoms with Crippen LogP contribution in [0.15, 0.2) is 72.8 Å². The summed E-state index contributed by atoms with van der Waals surface area (Å²) in [6.45, 7) is 0.347. The molecule has 0 saturated carbocycles. The molecule has 4 aromatic rings. The molecule has 5 N–H and O–H groups in total. The molecule has 0 atom stereocenters. The van der Waals surface area contributed by atoms with Crippen LogP contribution in [0.1, 0.15) is 11.1 Å². The quantitative estimate of drug-likeness (QED) is 0.379. The molecule has 4 rings (SSSR count). The number of primary amides is 1. The number of rotatable bonds is 6. The van der Waals surface area contributed by atoms with E-state index in [4.69, 9.17) is 10.5 Å². The summed E-state index contributed by atoms with van der Waals surface area (Å²) < 4.78 is 5.32. The number of H-pyrrole nitrogens is 1. The number of benzene rings is 3. The summed E-state index contributed by atoms with van der Waals surface area (Å²) in [5.74, 6) is 2.73. The minimum absolute atomic E-state index is 0.347. The third-order valence-electron chi connectivity index (χ3n) is 5.11. The van der Waals surface area contributed by atoms with Crippen LogP contribution in [0.5, 0.6) is 5.75 Å². The van der Waals surface area contributed by atoms with Crippen LogP contribution in [0, 0.1) is 0 Å². The minimum atomic E-state index is -0.569. The first-order valence-corrected chi connectivity index (χ1v) is 9.99. The Hall–Kier alpha value is -4.48. The highest BCUT2D eigenvalue weighted by Crippen LogP contribution is 2.20. The monoisotopic (exact) mass is 426 g/mol. The van der Waals surface area contributed by atoms with Gasteiger partial charge in [-0.3, -0.25) is 0 Å². The smallest absolute Gasteiger partial charge is 0.312 e. The van der Waals surface area contributed by atoms with Gasteiger partial charge in [-0.15, -0.1) is 0 Å². The van der Waals surface area contributed by atoms with Gasteiger partial charge >= 0.3 is 6.03 Å². The number of amides is 2. The van der Waals surface area contributed by atoms with Crippen molar-refractivity contribution in [3.05, 3.63) is 94.5 Å². The summed E-state index contributed by atoms with van der Waals surface area (Å²) in [5, 5.41) is 7.98. The van der Waals surface area contributed by atoms with Crippen molar-refractivity contribution in [2.24, 2.45) is 5.73 Å². The SMILES string of the molecule is COc1ccc2c(=C(Nc3ccc(CNC(N)=O)cc3)c3ccccc3)c(=C=O)[nH]c2c1. The highest BCUT2D eigenvalue weighted by atomic mass is 16.5. The van der Waals surface area contributed by atoms with E-state index in [-0.39, 0.29) is 0 Å². The lowest BCUT2D eigenvalue weighted by atomic mass is 10.1. The van der Waals surface area contributed by atoms with Gasteiger partial charge in [0.2, 0.25) is 0 Å². The van der Waals surface area contributed by atoms with E-state index < -0.39 is 6.03 Å². The molecule has 0 radical (unpaired) electrons. The van der Waals surface area contributed by atoms with Gasteiger partial charge < -0.3 is 26.1 Å². The first-order chi connectivity index (χ1) is 15.6. The third-order valence-corrected chi connectivity index (χ3v) is 5.11. The third kappa shape index (κ3) is 4.33. The van der Waals surface area contributed by atoms with Gasteiger partial charge in [-0.1, -0.05) is 42.5 Å². The van der Waals surface area contributed by atoms with Crippen LogP contribution < -0.4 is 31.7 Å². The number of anilines is 1. The lowest BCUT2D eigenvalue weighted by Gasteiger charge is -2.12. The van der Waals surface area contributed by atoms with Crippen molar-refractivity contribution in [1.29, 1.82) is 0 Å². The number of hydrogen-bond acceptors (Lipinski definition) is 4. The van der Waals surface area contributed by atoms with Gasteiger partial charge in [-0.25, -0.2) is 9.59 Å². The van der Waals surface area contributed by atoms with Crippen molar-refractivity contribution < 1.29 is 14.3 Å². The molecule has 2 amide bonds. The number of aromatic nitrogens is 1. The van der Waals surface area contributed by atoms with E-state index in [2.05, 4.69) is 15.6 Å². The Balaban J connectivity index is 1.87. The average molecular weight is 426 g/mol. The average Bonchev–Trinajstić information content (AvgIpc) is 3.20. The van der Waals surface area contributed by atoms with Gasteiger partial charge in [-0.05, 0) is 35.4 Å². The van der Waals surface area contributed by atoms with Crippen molar-refractivity contribution in [3.63, 3.8) is 0 Å². The Bertz CT molecular complexity index is 1400. The Morgan fingerprint density at radius 2 is 1.81 bits per heavy atom. The minimum Gasteiger partial charge on any atom is -0.497 e. The van der Waals surface area contributed by atoms with E-state index in [0.29, 0.717) is 17.6 Å². The number of methoxy groups -OCH3 is 1. The Labute approximate surface area is 184 Å². The maximum absolute atomic E-state index is 11.8. The lowest BCUT2D eigenvalue weighted by Crippen LogP contribution is -2.29. The van der Waals surface area contributed by atoms with E-state index in [1.165, 1.54) is 0 Å². The number of fused-ring (bicyclic) bond motifs is 1. The van der Waals surface area contributed by atoms with E-state index >= 15 is 0 Å². The molecular formula is C25H22N4O3. The summed E-state index contributed by atoms with van der Waals surface area (Å²) in [7, 11) is 1.60. The number of ether oxygens (including phenoxy) is 1. The van der Waals surface area contributed by atoms with E-state index in [9.17, 15) is 9.59 Å². The van der Waals surface area contributed by atoms with Crippen LogP contribution in [-0.2, 0) is 11.3 Å². The van der Waals surface area contributed by atoms with Gasteiger partial charge in [0.1, 0.15) is 11.1 Å². The van der Waals surface area contributed by atoms with Gasteiger partial charge in [0.15, 0.2) is 5.94 Å². The molecule has 0 saturated heterocycles. The van der Waals surface area contributed by atoms with Crippen LogP contribution in [0.25, 0.3) is 16.6 Å². The highest BCUT2D eigenvalue weighted by Gasteiger charge is 2.11. The molecule has 0 spiro atoms. The standard InChI is InChI=1S/C25H22N4O3/c1-32-19-11-12-20-21(13-19)29-22(15-30)23(20)24(17-5-3-2-4-6-17)28-18-9-7-16(8-10-18)14-27-25(26)31/h2-13,28-29H,14H2,1H3,(H3,26,27,31). The number of aromatic amines is 1. The van der Waals surface area contributed by atoms with Crippen LogP contribution >= 0.6 is 0 Å². The first kappa shape index (κ1) is 20.8. The van der Waals surface area contributed by atoms with Gasteiger partial charge in [-0.2, -0.15) is 0 Å². The van der Waals surface area contributed by atoms with Crippen molar-refractivity contribution in [2.75, 3.05) is 12.4 Å². The van der Waals surface area contributed by atoms with Crippen molar-refractivity contribution in [1.82, 2.24) is 10.3 Å². The van der Waals surface area contributed by atoms with Crippen molar-refractivity contribution >= 4 is 34.3 Å². The predicted molar refractivity (Wildman–Crippen MR) is 124 cm³/mol. The fourth-order valence-electron chi connectivity index (χ4n) is 3.56. The molecule has 3 aromatic carbocycles. The number of nitrogens with one attached hydrogen (secondary N) is 3. The molecular weight excluding hydrogens is 404 g/mol. The summed E-state index contributed by atoms with van der Waals surface area (Å²) >= 11 is 0. The number of carbonyl (C=O) groups is 1. The molecule has 160 valence electrons. The van der Waals surface area contributed by atoms with Crippen molar-refractivity contribution in [3.8, 4) is 5.75 Å². The predicted octanol–water partition coefficient (Wildman–Crippen LogP) is 2.12. The Morgan fingerprint density at radius 1 is 1.06 bits per heavy atom. The molecule has 0 aliphatic carbocycles. The van der Waals surface area contributed by atoms with E-state index in [1.54, 1.807) is 7.11 Å².